The van der Waals surface area contributed by atoms with Crippen LogP contribution >= 0.6 is 15.9 Å². The van der Waals surface area contributed by atoms with E-state index in [1.54, 1.807) is 0 Å². The van der Waals surface area contributed by atoms with E-state index in [0.717, 1.165) is 37.9 Å². The van der Waals surface area contributed by atoms with Crippen LogP contribution < -0.4 is 0 Å². The third-order valence-electron chi connectivity index (χ3n) is 3.09. The van der Waals surface area contributed by atoms with Gasteiger partial charge in [0.25, 0.3) is 0 Å². The first-order valence-electron chi connectivity index (χ1n) is 5.23. The van der Waals surface area contributed by atoms with Crippen molar-refractivity contribution in [3.63, 3.8) is 0 Å². The van der Waals surface area contributed by atoms with E-state index < -0.39 is 0 Å². The minimum Gasteiger partial charge on any atom is -0.381 e. The molecule has 1 amide bonds. The fraction of sp³-hybridized carbons (Fsp3) is 0.900. The van der Waals surface area contributed by atoms with Gasteiger partial charge in [-0.25, -0.2) is 0 Å². The van der Waals surface area contributed by atoms with Crippen molar-refractivity contribution in [2.24, 2.45) is 11.8 Å². The first kappa shape index (κ1) is 10.4. The average Bonchev–Trinajstić information content (AvgIpc) is 2.88. The van der Waals surface area contributed by atoms with E-state index in [0.29, 0.717) is 18.4 Å². The van der Waals surface area contributed by atoms with Crippen molar-refractivity contribution in [1.29, 1.82) is 0 Å². The fourth-order valence-electron chi connectivity index (χ4n) is 2.15. The van der Waals surface area contributed by atoms with Gasteiger partial charge in [0.15, 0.2) is 0 Å². The summed E-state index contributed by atoms with van der Waals surface area (Å²) in [6, 6.07) is 0. The van der Waals surface area contributed by atoms with E-state index in [4.69, 9.17) is 4.74 Å². The highest BCUT2D eigenvalue weighted by atomic mass is 79.9. The maximum absolute atomic E-state index is 11.9. The normalized spacial score (nSPS) is 32.5. The van der Waals surface area contributed by atoms with Gasteiger partial charge in [-0.05, 0) is 18.8 Å². The number of alkyl halides is 1. The number of carbonyl (C=O) groups is 1. The smallest absolute Gasteiger partial charge is 0.228 e. The summed E-state index contributed by atoms with van der Waals surface area (Å²) in [6.45, 7) is 3.26. The lowest BCUT2D eigenvalue weighted by atomic mass is 10.1. The highest BCUT2D eigenvalue weighted by Crippen LogP contribution is 2.22. The molecule has 2 aliphatic rings. The Bertz CT molecular complexity index is 216. The van der Waals surface area contributed by atoms with Crippen molar-refractivity contribution in [2.45, 2.75) is 12.8 Å². The van der Waals surface area contributed by atoms with Crippen LogP contribution in [-0.2, 0) is 9.53 Å². The molecule has 14 heavy (non-hydrogen) atoms. The van der Waals surface area contributed by atoms with Crippen molar-refractivity contribution in [2.75, 3.05) is 31.6 Å². The lowest BCUT2D eigenvalue weighted by Crippen LogP contribution is -2.34. The quantitative estimate of drug-likeness (QED) is 0.701. The number of hydrogen-bond acceptors (Lipinski definition) is 2. The number of likely N-dealkylation sites (tertiary alicyclic amines) is 1. The molecule has 0 bridgehead atoms. The molecule has 80 valence electrons. The van der Waals surface area contributed by atoms with Gasteiger partial charge in [0, 0.05) is 25.0 Å². The third-order valence-corrected chi connectivity index (χ3v) is 4.01. The Labute approximate surface area is 92.9 Å². The van der Waals surface area contributed by atoms with Crippen LogP contribution in [0.4, 0.5) is 0 Å². The fourth-order valence-corrected chi connectivity index (χ4v) is 2.67. The summed E-state index contributed by atoms with van der Waals surface area (Å²) in [5.41, 5.74) is 0. The Hall–Kier alpha value is -0.0900. The zero-order valence-corrected chi connectivity index (χ0v) is 9.83. The number of amides is 1. The number of hydrogen-bond donors (Lipinski definition) is 0. The molecule has 2 aliphatic heterocycles. The Morgan fingerprint density at radius 2 is 2.36 bits per heavy atom. The summed E-state index contributed by atoms with van der Waals surface area (Å²) in [6.07, 6.45) is 2.05. The molecule has 0 spiro atoms. The first-order valence-corrected chi connectivity index (χ1v) is 6.36. The topological polar surface area (TPSA) is 29.5 Å². The van der Waals surface area contributed by atoms with Crippen molar-refractivity contribution in [3.05, 3.63) is 0 Å². The molecule has 2 atom stereocenters. The van der Waals surface area contributed by atoms with Crippen LogP contribution in [0.2, 0.25) is 0 Å². The molecule has 0 aromatic heterocycles. The molecule has 0 aromatic carbocycles. The highest BCUT2D eigenvalue weighted by Gasteiger charge is 2.32. The number of ether oxygens (including phenoxy) is 1. The molecule has 0 aliphatic carbocycles. The summed E-state index contributed by atoms with van der Waals surface area (Å²) in [5, 5.41) is 1.01. The van der Waals surface area contributed by atoms with Crippen LogP contribution in [0.5, 0.6) is 0 Å². The molecule has 0 radical (unpaired) electrons. The number of nitrogens with zero attached hydrogens (tertiary/aromatic N) is 1. The van der Waals surface area contributed by atoms with E-state index in [-0.39, 0.29) is 5.92 Å². The molecule has 2 heterocycles. The largest absolute Gasteiger partial charge is 0.381 e. The average molecular weight is 262 g/mol. The zero-order valence-electron chi connectivity index (χ0n) is 8.25. The molecule has 2 fully saturated rings. The minimum absolute atomic E-state index is 0.143. The van der Waals surface area contributed by atoms with Gasteiger partial charge in [-0.3, -0.25) is 4.79 Å². The Morgan fingerprint density at radius 3 is 2.93 bits per heavy atom. The Balaban J connectivity index is 1.86. The predicted molar refractivity (Wildman–Crippen MR) is 57.4 cm³/mol. The summed E-state index contributed by atoms with van der Waals surface area (Å²) in [7, 11) is 0. The molecule has 2 unspecified atom stereocenters. The molecular formula is C10H16BrNO2. The van der Waals surface area contributed by atoms with Gasteiger partial charge in [0.2, 0.25) is 5.91 Å². The molecular weight excluding hydrogens is 246 g/mol. The maximum Gasteiger partial charge on any atom is 0.228 e. The number of carbonyl (C=O) groups excluding carboxylic acids is 1. The molecule has 3 nitrogen and oxygen atoms in total. The van der Waals surface area contributed by atoms with E-state index in [1.807, 2.05) is 4.90 Å². The molecule has 0 aromatic rings. The molecule has 2 saturated heterocycles. The highest BCUT2D eigenvalue weighted by molar-refractivity contribution is 9.09. The van der Waals surface area contributed by atoms with Gasteiger partial charge in [-0.1, -0.05) is 15.9 Å². The second-order valence-electron chi connectivity index (χ2n) is 4.15. The van der Waals surface area contributed by atoms with Gasteiger partial charge in [0.1, 0.15) is 0 Å². The molecule has 2 rings (SSSR count). The van der Waals surface area contributed by atoms with Gasteiger partial charge < -0.3 is 9.64 Å². The summed E-state index contributed by atoms with van der Waals surface area (Å²) in [4.78, 5) is 13.9. The van der Waals surface area contributed by atoms with Crippen LogP contribution in [0.3, 0.4) is 0 Å². The van der Waals surface area contributed by atoms with E-state index >= 15 is 0 Å². The van der Waals surface area contributed by atoms with Crippen molar-refractivity contribution >= 4 is 21.8 Å². The van der Waals surface area contributed by atoms with Crippen LogP contribution in [0.1, 0.15) is 12.8 Å². The lowest BCUT2D eigenvalue weighted by Gasteiger charge is -2.19. The second kappa shape index (κ2) is 4.62. The van der Waals surface area contributed by atoms with Crippen molar-refractivity contribution in [1.82, 2.24) is 4.90 Å². The standard InChI is InChI=1S/C10H16BrNO2/c11-5-8-1-3-12(6-8)10(13)9-2-4-14-7-9/h8-9H,1-7H2. The second-order valence-corrected chi connectivity index (χ2v) is 4.80. The number of halogens is 1. The zero-order chi connectivity index (χ0) is 9.97. The third kappa shape index (κ3) is 2.11. The summed E-state index contributed by atoms with van der Waals surface area (Å²) in [5.74, 6) is 1.11. The van der Waals surface area contributed by atoms with E-state index in [1.165, 1.54) is 0 Å². The van der Waals surface area contributed by atoms with Gasteiger partial charge in [-0.2, -0.15) is 0 Å². The minimum atomic E-state index is 0.143. The summed E-state index contributed by atoms with van der Waals surface area (Å²) < 4.78 is 5.23. The van der Waals surface area contributed by atoms with Crippen LogP contribution in [0.15, 0.2) is 0 Å². The van der Waals surface area contributed by atoms with Gasteiger partial charge in [0.05, 0.1) is 12.5 Å². The van der Waals surface area contributed by atoms with Crippen LogP contribution in [0, 0.1) is 11.8 Å². The lowest BCUT2D eigenvalue weighted by molar-refractivity contribution is -0.134. The van der Waals surface area contributed by atoms with Gasteiger partial charge in [-0.15, -0.1) is 0 Å². The Kier molecular flexibility index (Phi) is 3.44. The molecule has 0 saturated carbocycles. The maximum atomic E-state index is 11.9. The molecule has 0 N–H and O–H groups in total. The SMILES string of the molecule is O=C(C1CCOC1)N1CCC(CBr)C1. The Morgan fingerprint density at radius 1 is 1.50 bits per heavy atom. The predicted octanol–water partition coefficient (Wildman–Crippen LogP) is 1.27. The van der Waals surface area contributed by atoms with Crippen molar-refractivity contribution < 1.29 is 9.53 Å². The van der Waals surface area contributed by atoms with Crippen LogP contribution in [-0.4, -0.2) is 42.4 Å². The van der Waals surface area contributed by atoms with E-state index in [2.05, 4.69) is 15.9 Å². The van der Waals surface area contributed by atoms with Crippen LogP contribution in [0.25, 0.3) is 0 Å². The van der Waals surface area contributed by atoms with Gasteiger partial charge >= 0.3 is 0 Å². The van der Waals surface area contributed by atoms with Crippen molar-refractivity contribution in [3.8, 4) is 0 Å². The summed E-state index contributed by atoms with van der Waals surface area (Å²) >= 11 is 3.47. The first-order chi connectivity index (χ1) is 6.81. The number of rotatable bonds is 2. The molecule has 4 heteroatoms. The monoisotopic (exact) mass is 261 g/mol. The van der Waals surface area contributed by atoms with E-state index in [9.17, 15) is 4.79 Å².